The van der Waals surface area contributed by atoms with E-state index in [4.69, 9.17) is 14.6 Å². The van der Waals surface area contributed by atoms with Crippen LogP contribution in [0.3, 0.4) is 0 Å². The van der Waals surface area contributed by atoms with Crippen molar-refractivity contribution in [2.45, 2.75) is 13.1 Å². The molecule has 2 heterocycles. The Morgan fingerprint density at radius 2 is 1.64 bits per heavy atom. The molecule has 0 saturated carbocycles. The summed E-state index contributed by atoms with van der Waals surface area (Å²) >= 11 is 0. The van der Waals surface area contributed by atoms with E-state index in [9.17, 15) is 4.79 Å². The molecule has 0 unspecified atom stereocenters. The molecule has 0 bridgehead atoms. The maximum atomic E-state index is 13.5. The van der Waals surface area contributed by atoms with Gasteiger partial charge in [-0.15, -0.1) is 0 Å². The maximum Gasteiger partial charge on any atom is 0.255 e. The minimum Gasteiger partial charge on any atom is -0.496 e. The molecule has 7 heteroatoms. The first-order valence-corrected chi connectivity index (χ1v) is 12.2. The number of amides is 1. The number of hydrogen-bond acceptors (Lipinski definition) is 5. The second-order valence-corrected chi connectivity index (χ2v) is 8.71. The van der Waals surface area contributed by atoms with Crippen molar-refractivity contribution in [1.82, 2.24) is 20.0 Å². The molecule has 1 N–H and O–H groups in total. The summed E-state index contributed by atoms with van der Waals surface area (Å²) in [5.74, 6) is 0.486. The van der Waals surface area contributed by atoms with Gasteiger partial charge in [0, 0.05) is 37.9 Å². The standard InChI is InChI=1S/C29H30N4O3/c1-35-27-14-8-7-13-25(27)28-26(21-33(31-28)24-11-3-2-4-12-24)29(34)30-19-22-9-5-6-10-23(22)20-32-15-17-36-18-16-32/h2-14,21H,15-20H2,1H3,(H,30,34). The van der Waals surface area contributed by atoms with E-state index in [1.54, 1.807) is 18.0 Å². The van der Waals surface area contributed by atoms with E-state index in [-0.39, 0.29) is 5.91 Å². The van der Waals surface area contributed by atoms with Gasteiger partial charge in [-0.05, 0) is 35.4 Å². The maximum absolute atomic E-state index is 13.5. The number of benzene rings is 3. The molecule has 1 saturated heterocycles. The first-order chi connectivity index (χ1) is 17.7. The van der Waals surface area contributed by atoms with Gasteiger partial charge < -0.3 is 14.8 Å². The van der Waals surface area contributed by atoms with E-state index in [1.165, 1.54) is 5.56 Å². The third kappa shape index (κ3) is 5.32. The second kappa shape index (κ2) is 11.2. The van der Waals surface area contributed by atoms with E-state index in [0.29, 0.717) is 23.6 Å². The lowest BCUT2D eigenvalue weighted by atomic mass is 10.1. The number of ether oxygens (including phenoxy) is 2. The van der Waals surface area contributed by atoms with Crippen molar-refractivity contribution < 1.29 is 14.3 Å². The minimum atomic E-state index is -0.181. The molecule has 0 atom stereocenters. The molecule has 1 aliphatic heterocycles. The quantitative estimate of drug-likeness (QED) is 0.405. The third-order valence-corrected chi connectivity index (χ3v) is 6.40. The lowest BCUT2D eigenvalue weighted by Gasteiger charge is -2.27. The fraction of sp³-hybridized carbons (Fsp3) is 0.241. The van der Waals surface area contributed by atoms with Gasteiger partial charge in [-0.1, -0.05) is 54.6 Å². The Kier molecular flexibility index (Phi) is 7.40. The molecule has 4 aromatic rings. The number of para-hydroxylation sites is 2. The van der Waals surface area contributed by atoms with Crippen LogP contribution >= 0.6 is 0 Å². The smallest absolute Gasteiger partial charge is 0.255 e. The van der Waals surface area contributed by atoms with Gasteiger partial charge in [0.1, 0.15) is 11.4 Å². The van der Waals surface area contributed by atoms with Gasteiger partial charge in [0.25, 0.3) is 5.91 Å². The Labute approximate surface area is 211 Å². The molecule has 0 spiro atoms. The van der Waals surface area contributed by atoms with Crippen LogP contribution in [-0.2, 0) is 17.8 Å². The summed E-state index contributed by atoms with van der Waals surface area (Å²) in [4.78, 5) is 15.9. The highest BCUT2D eigenvalue weighted by Crippen LogP contribution is 2.31. The summed E-state index contributed by atoms with van der Waals surface area (Å²) < 4.78 is 12.8. The molecule has 5 rings (SSSR count). The van der Waals surface area contributed by atoms with Crippen molar-refractivity contribution in [3.63, 3.8) is 0 Å². The zero-order chi connectivity index (χ0) is 24.7. The number of nitrogens with zero attached hydrogens (tertiary/aromatic N) is 3. The van der Waals surface area contributed by atoms with Crippen LogP contribution in [0.15, 0.2) is 85.1 Å². The summed E-state index contributed by atoms with van der Waals surface area (Å²) in [6.07, 6.45) is 1.78. The normalized spacial score (nSPS) is 13.9. The number of carbonyl (C=O) groups is 1. The first-order valence-electron chi connectivity index (χ1n) is 12.2. The average Bonchev–Trinajstić information content (AvgIpc) is 3.39. The van der Waals surface area contributed by atoms with Crippen LogP contribution in [0.25, 0.3) is 16.9 Å². The van der Waals surface area contributed by atoms with E-state index in [1.807, 2.05) is 66.7 Å². The monoisotopic (exact) mass is 482 g/mol. The number of carbonyl (C=O) groups excluding carboxylic acids is 1. The molecule has 7 nitrogen and oxygen atoms in total. The van der Waals surface area contributed by atoms with Crippen LogP contribution in [0.2, 0.25) is 0 Å². The zero-order valence-electron chi connectivity index (χ0n) is 20.4. The minimum absolute atomic E-state index is 0.181. The molecule has 3 aromatic carbocycles. The predicted molar refractivity (Wildman–Crippen MR) is 139 cm³/mol. The lowest BCUT2D eigenvalue weighted by molar-refractivity contribution is 0.0340. The number of rotatable bonds is 8. The van der Waals surface area contributed by atoms with Gasteiger partial charge in [0.05, 0.1) is 31.6 Å². The van der Waals surface area contributed by atoms with E-state index in [2.05, 4.69) is 22.3 Å². The molecular formula is C29H30N4O3. The van der Waals surface area contributed by atoms with Gasteiger partial charge in [0.2, 0.25) is 0 Å². The SMILES string of the molecule is COc1ccccc1-c1nn(-c2ccccc2)cc1C(=O)NCc1ccccc1CN1CCOCC1. The number of morpholine rings is 1. The van der Waals surface area contributed by atoms with Crippen LogP contribution in [-0.4, -0.2) is 54.0 Å². The first kappa shape index (κ1) is 23.8. The molecule has 1 aromatic heterocycles. The molecule has 1 aliphatic rings. The summed E-state index contributed by atoms with van der Waals surface area (Å²) in [7, 11) is 1.62. The van der Waals surface area contributed by atoms with Crippen LogP contribution in [0, 0.1) is 0 Å². The number of hydrogen-bond donors (Lipinski definition) is 1. The van der Waals surface area contributed by atoms with Crippen molar-refractivity contribution in [1.29, 1.82) is 0 Å². The molecule has 36 heavy (non-hydrogen) atoms. The number of nitrogens with one attached hydrogen (secondary N) is 1. The Morgan fingerprint density at radius 1 is 0.944 bits per heavy atom. The molecule has 0 radical (unpaired) electrons. The van der Waals surface area contributed by atoms with Crippen molar-refractivity contribution in [2.75, 3.05) is 33.4 Å². The lowest BCUT2D eigenvalue weighted by Crippen LogP contribution is -2.36. The van der Waals surface area contributed by atoms with Crippen LogP contribution in [0.4, 0.5) is 0 Å². The highest BCUT2D eigenvalue weighted by Gasteiger charge is 2.21. The molecule has 184 valence electrons. The van der Waals surface area contributed by atoms with Crippen molar-refractivity contribution in [3.05, 3.63) is 102 Å². The van der Waals surface area contributed by atoms with Gasteiger partial charge in [-0.2, -0.15) is 5.10 Å². The van der Waals surface area contributed by atoms with Crippen LogP contribution < -0.4 is 10.1 Å². The number of methoxy groups -OCH3 is 1. The van der Waals surface area contributed by atoms with Crippen molar-refractivity contribution in [2.24, 2.45) is 0 Å². The second-order valence-electron chi connectivity index (χ2n) is 8.71. The molecule has 0 aliphatic carbocycles. The van der Waals surface area contributed by atoms with E-state index in [0.717, 1.165) is 49.7 Å². The van der Waals surface area contributed by atoms with Gasteiger partial charge in [-0.25, -0.2) is 4.68 Å². The van der Waals surface area contributed by atoms with Gasteiger partial charge >= 0.3 is 0 Å². The Hall–Kier alpha value is -3.94. The molecule has 1 fully saturated rings. The highest BCUT2D eigenvalue weighted by molar-refractivity contribution is 6.00. The van der Waals surface area contributed by atoms with E-state index < -0.39 is 0 Å². The summed E-state index contributed by atoms with van der Waals surface area (Å²) in [5.41, 5.74) is 5.04. The largest absolute Gasteiger partial charge is 0.496 e. The Balaban J connectivity index is 1.41. The van der Waals surface area contributed by atoms with Crippen molar-refractivity contribution >= 4 is 5.91 Å². The van der Waals surface area contributed by atoms with Gasteiger partial charge in [0.15, 0.2) is 0 Å². The fourth-order valence-electron chi connectivity index (χ4n) is 4.45. The molecule has 1 amide bonds. The number of aromatic nitrogens is 2. The Morgan fingerprint density at radius 3 is 2.42 bits per heavy atom. The fourth-order valence-corrected chi connectivity index (χ4v) is 4.45. The van der Waals surface area contributed by atoms with Crippen LogP contribution in [0.1, 0.15) is 21.5 Å². The highest BCUT2D eigenvalue weighted by atomic mass is 16.5. The van der Waals surface area contributed by atoms with E-state index >= 15 is 0 Å². The zero-order valence-corrected chi connectivity index (χ0v) is 20.4. The molecular weight excluding hydrogens is 452 g/mol. The third-order valence-electron chi connectivity index (χ3n) is 6.40. The summed E-state index contributed by atoms with van der Waals surface area (Å²) in [6.45, 7) is 4.63. The van der Waals surface area contributed by atoms with Crippen molar-refractivity contribution in [3.8, 4) is 22.7 Å². The predicted octanol–water partition coefficient (Wildman–Crippen LogP) is 4.31. The average molecular weight is 483 g/mol. The van der Waals surface area contributed by atoms with Crippen LogP contribution in [0.5, 0.6) is 5.75 Å². The van der Waals surface area contributed by atoms with Gasteiger partial charge in [-0.3, -0.25) is 9.69 Å². The summed E-state index contributed by atoms with van der Waals surface area (Å²) in [6, 6.07) is 25.7. The summed E-state index contributed by atoms with van der Waals surface area (Å²) in [5, 5.41) is 7.92. The Bertz CT molecular complexity index is 1310. The topological polar surface area (TPSA) is 68.6 Å².